The van der Waals surface area contributed by atoms with Crippen molar-refractivity contribution in [3.8, 4) is 11.9 Å². The summed E-state index contributed by atoms with van der Waals surface area (Å²) in [4.78, 5) is 4.08. The van der Waals surface area contributed by atoms with Gasteiger partial charge in [0.2, 0.25) is 5.88 Å². The van der Waals surface area contributed by atoms with Gasteiger partial charge in [-0.25, -0.2) is 4.98 Å². The molecule has 4 nitrogen and oxygen atoms in total. The number of hydrogen-bond donors (Lipinski definition) is 1. The van der Waals surface area contributed by atoms with Crippen LogP contribution < -0.4 is 10.1 Å². The number of nitrogens with one attached hydrogen (secondary N) is 1. The summed E-state index contributed by atoms with van der Waals surface area (Å²) in [6.07, 6.45) is 5.14. The molecule has 0 spiro atoms. The Bertz CT molecular complexity index is 399. The third-order valence-corrected chi connectivity index (χ3v) is 3.10. The standard InChI is InChI=1S/C13H17N3O.ClH/c14-10-12-3-7-16-13(9-12)17-8-4-11-1-5-15-6-2-11;/h3,7,9,11,15H,1-2,4-6,8H2;1H. The number of hydrogen-bond acceptors (Lipinski definition) is 4. The van der Waals surface area contributed by atoms with Crippen LogP contribution in [0.2, 0.25) is 0 Å². The lowest BCUT2D eigenvalue weighted by atomic mass is 9.95. The van der Waals surface area contributed by atoms with Gasteiger partial charge in [-0.15, -0.1) is 12.4 Å². The van der Waals surface area contributed by atoms with Crippen molar-refractivity contribution in [2.45, 2.75) is 19.3 Å². The number of piperidine rings is 1. The summed E-state index contributed by atoms with van der Waals surface area (Å²) < 4.78 is 5.57. The molecule has 0 unspecified atom stereocenters. The van der Waals surface area contributed by atoms with Crippen LogP contribution in [0.25, 0.3) is 0 Å². The first-order valence-electron chi connectivity index (χ1n) is 6.08. The normalized spacial score (nSPS) is 15.5. The summed E-state index contributed by atoms with van der Waals surface area (Å²) in [6.45, 7) is 2.92. The highest BCUT2D eigenvalue weighted by molar-refractivity contribution is 5.85. The summed E-state index contributed by atoms with van der Waals surface area (Å²) in [6, 6.07) is 5.44. The maximum atomic E-state index is 8.75. The lowest BCUT2D eigenvalue weighted by Crippen LogP contribution is -2.28. The van der Waals surface area contributed by atoms with Crippen LogP contribution in [-0.2, 0) is 0 Å². The van der Waals surface area contributed by atoms with E-state index in [-0.39, 0.29) is 12.4 Å². The van der Waals surface area contributed by atoms with Crippen LogP contribution in [0.5, 0.6) is 5.88 Å². The van der Waals surface area contributed by atoms with Crippen molar-refractivity contribution in [3.63, 3.8) is 0 Å². The molecular weight excluding hydrogens is 250 g/mol. The Balaban J connectivity index is 0.00000162. The van der Waals surface area contributed by atoms with E-state index in [1.807, 2.05) is 0 Å². The van der Waals surface area contributed by atoms with Gasteiger partial charge in [0.25, 0.3) is 0 Å². The van der Waals surface area contributed by atoms with Crippen LogP contribution >= 0.6 is 12.4 Å². The molecule has 98 valence electrons. The van der Waals surface area contributed by atoms with Gasteiger partial charge in [-0.1, -0.05) is 0 Å². The molecule has 1 N–H and O–H groups in total. The molecule has 5 heteroatoms. The van der Waals surface area contributed by atoms with Crippen LogP contribution in [0.15, 0.2) is 18.3 Å². The van der Waals surface area contributed by atoms with Crippen LogP contribution in [0, 0.1) is 17.2 Å². The maximum Gasteiger partial charge on any atom is 0.214 e. The second-order valence-corrected chi connectivity index (χ2v) is 4.33. The molecule has 1 aromatic heterocycles. The first-order chi connectivity index (χ1) is 8.38. The van der Waals surface area contributed by atoms with E-state index in [0.29, 0.717) is 18.1 Å². The largest absolute Gasteiger partial charge is 0.478 e. The highest BCUT2D eigenvalue weighted by Gasteiger charge is 2.12. The molecule has 18 heavy (non-hydrogen) atoms. The van der Waals surface area contributed by atoms with Crippen LogP contribution in [0.3, 0.4) is 0 Å². The summed E-state index contributed by atoms with van der Waals surface area (Å²) in [5.41, 5.74) is 0.594. The molecule has 0 bridgehead atoms. The molecular formula is C13H18ClN3O. The first-order valence-corrected chi connectivity index (χ1v) is 6.08. The van der Waals surface area contributed by atoms with Crippen molar-refractivity contribution in [2.24, 2.45) is 5.92 Å². The Labute approximate surface area is 114 Å². The van der Waals surface area contributed by atoms with E-state index in [1.165, 1.54) is 12.8 Å². The topological polar surface area (TPSA) is 57.9 Å². The molecule has 0 saturated carbocycles. The van der Waals surface area contributed by atoms with Crippen LogP contribution in [-0.4, -0.2) is 24.7 Å². The van der Waals surface area contributed by atoms with Crippen molar-refractivity contribution in [2.75, 3.05) is 19.7 Å². The van der Waals surface area contributed by atoms with E-state index >= 15 is 0 Å². The number of halogens is 1. The Morgan fingerprint density at radius 1 is 1.44 bits per heavy atom. The quantitative estimate of drug-likeness (QED) is 0.908. The van der Waals surface area contributed by atoms with E-state index < -0.39 is 0 Å². The van der Waals surface area contributed by atoms with Crippen molar-refractivity contribution in [1.82, 2.24) is 10.3 Å². The van der Waals surface area contributed by atoms with Gasteiger partial charge in [0, 0.05) is 12.3 Å². The number of rotatable bonds is 4. The SMILES string of the molecule is Cl.N#Cc1ccnc(OCCC2CCNCC2)c1. The Hall–Kier alpha value is -1.31. The van der Waals surface area contributed by atoms with E-state index in [4.69, 9.17) is 10.00 Å². The van der Waals surface area contributed by atoms with Gasteiger partial charge in [0.15, 0.2) is 0 Å². The van der Waals surface area contributed by atoms with Crippen molar-refractivity contribution in [3.05, 3.63) is 23.9 Å². The average molecular weight is 268 g/mol. The minimum absolute atomic E-state index is 0. The highest BCUT2D eigenvalue weighted by atomic mass is 35.5. The molecule has 0 aromatic carbocycles. The number of nitriles is 1. The second kappa shape index (κ2) is 7.91. The number of nitrogens with zero attached hydrogens (tertiary/aromatic N) is 2. The minimum atomic E-state index is 0. The van der Waals surface area contributed by atoms with Gasteiger partial charge < -0.3 is 10.1 Å². The molecule has 1 aliphatic heterocycles. The predicted molar refractivity (Wildman–Crippen MR) is 71.9 cm³/mol. The Kier molecular flexibility index (Phi) is 6.48. The fourth-order valence-electron chi connectivity index (χ4n) is 2.06. The Morgan fingerprint density at radius 2 is 2.22 bits per heavy atom. The lowest BCUT2D eigenvalue weighted by Gasteiger charge is -2.22. The number of aromatic nitrogens is 1. The van der Waals surface area contributed by atoms with Gasteiger partial charge in [0.1, 0.15) is 0 Å². The minimum Gasteiger partial charge on any atom is -0.478 e. The Morgan fingerprint density at radius 3 is 2.94 bits per heavy atom. The van der Waals surface area contributed by atoms with Gasteiger partial charge in [-0.05, 0) is 44.3 Å². The van der Waals surface area contributed by atoms with E-state index in [0.717, 1.165) is 25.4 Å². The fraction of sp³-hybridized carbons (Fsp3) is 0.538. The third-order valence-electron chi connectivity index (χ3n) is 3.10. The smallest absolute Gasteiger partial charge is 0.214 e. The highest BCUT2D eigenvalue weighted by Crippen LogP contribution is 2.16. The van der Waals surface area contributed by atoms with E-state index in [1.54, 1.807) is 18.3 Å². The summed E-state index contributed by atoms with van der Waals surface area (Å²) in [5.74, 6) is 1.31. The molecule has 1 saturated heterocycles. The van der Waals surface area contributed by atoms with Crippen molar-refractivity contribution >= 4 is 12.4 Å². The monoisotopic (exact) mass is 267 g/mol. The molecule has 0 amide bonds. The molecule has 1 aliphatic rings. The molecule has 1 aromatic rings. The van der Waals surface area contributed by atoms with Gasteiger partial charge >= 0.3 is 0 Å². The van der Waals surface area contributed by atoms with Crippen molar-refractivity contribution in [1.29, 1.82) is 5.26 Å². The van der Waals surface area contributed by atoms with Gasteiger partial charge in [-0.2, -0.15) is 5.26 Å². The van der Waals surface area contributed by atoms with E-state index in [9.17, 15) is 0 Å². The number of ether oxygens (including phenoxy) is 1. The molecule has 2 rings (SSSR count). The van der Waals surface area contributed by atoms with Crippen LogP contribution in [0.1, 0.15) is 24.8 Å². The summed E-state index contributed by atoms with van der Waals surface area (Å²) >= 11 is 0. The van der Waals surface area contributed by atoms with Crippen LogP contribution in [0.4, 0.5) is 0 Å². The second-order valence-electron chi connectivity index (χ2n) is 4.33. The molecule has 2 heterocycles. The number of pyridine rings is 1. The molecule has 0 aliphatic carbocycles. The summed E-state index contributed by atoms with van der Waals surface area (Å²) in [5, 5.41) is 12.1. The predicted octanol–water partition coefficient (Wildman–Crippen LogP) is 2.14. The van der Waals surface area contributed by atoms with Gasteiger partial charge in [-0.3, -0.25) is 0 Å². The average Bonchev–Trinajstić information content (AvgIpc) is 2.40. The first kappa shape index (κ1) is 14.7. The summed E-state index contributed by atoms with van der Waals surface area (Å²) in [7, 11) is 0. The zero-order valence-electron chi connectivity index (χ0n) is 10.3. The van der Waals surface area contributed by atoms with E-state index in [2.05, 4.69) is 16.4 Å². The molecule has 0 radical (unpaired) electrons. The molecule has 0 atom stereocenters. The maximum absolute atomic E-state index is 8.75. The zero-order chi connectivity index (χ0) is 11.9. The van der Waals surface area contributed by atoms with Crippen molar-refractivity contribution < 1.29 is 4.74 Å². The third kappa shape index (κ3) is 4.52. The zero-order valence-corrected chi connectivity index (χ0v) is 11.1. The van der Waals surface area contributed by atoms with Gasteiger partial charge in [0.05, 0.1) is 18.2 Å². The molecule has 1 fully saturated rings. The fourth-order valence-corrected chi connectivity index (χ4v) is 2.06. The lowest BCUT2D eigenvalue weighted by molar-refractivity contribution is 0.245.